The van der Waals surface area contributed by atoms with Crippen LogP contribution in [0.5, 0.6) is 0 Å². The van der Waals surface area contributed by atoms with Crippen LogP contribution in [0.25, 0.3) is 0 Å². The average molecular weight is 569 g/mol. The van der Waals surface area contributed by atoms with Gasteiger partial charge in [-0.3, -0.25) is 9.59 Å². The van der Waals surface area contributed by atoms with Gasteiger partial charge in [-0.05, 0) is 97.0 Å². The molecule has 6 heteroatoms. The van der Waals surface area contributed by atoms with E-state index in [2.05, 4.69) is 53.7 Å². The Balaban J connectivity index is 1.47. The summed E-state index contributed by atoms with van der Waals surface area (Å²) in [5.41, 5.74) is -0.0347. The van der Waals surface area contributed by atoms with Crippen LogP contribution in [0.4, 0.5) is 0 Å². The van der Waals surface area contributed by atoms with E-state index in [4.69, 9.17) is 18.9 Å². The molecule has 1 aliphatic heterocycles. The molecule has 1 saturated heterocycles. The Morgan fingerprint density at radius 3 is 2.27 bits per heavy atom. The zero-order valence-corrected chi connectivity index (χ0v) is 26.7. The first-order valence-electron chi connectivity index (χ1n) is 16.0. The minimum atomic E-state index is -0.662. The number of carbonyl (C=O) groups is 2. The average Bonchev–Trinajstić information content (AvgIpc) is 3.41. The highest BCUT2D eigenvalue weighted by atomic mass is 16.7. The second-order valence-corrected chi connectivity index (χ2v) is 16.1. The van der Waals surface area contributed by atoms with Crippen LogP contribution >= 0.6 is 0 Å². The van der Waals surface area contributed by atoms with Crippen LogP contribution in [0.2, 0.25) is 0 Å². The van der Waals surface area contributed by atoms with E-state index in [1.165, 1.54) is 12.7 Å². The highest BCUT2D eigenvalue weighted by Gasteiger charge is 2.73. The molecule has 1 unspecified atom stereocenters. The number of fused-ring (bicyclic) bond motifs is 7. The van der Waals surface area contributed by atoms with E-state index in [-0.39, 0.29) is 51.2 Å². The molecule has 1 heterocycles. The van der Waals surface area contributed by atoms with Gasteiger partial charge in [-0.2, -0.15) is 0 Å². The zero-order chi connectivity index (χ0) is 29.7. The third-order valence-electron chi connectivity index (χ3n) is 14.1. The number of ketones is 1. The second-order valence-electron chi connectivity index (χ2n) is 16.1. The van der Waals surface area contributed by atoms with Crippen molar-refractivity contribution < 1.29 is 28.5 Å². The predicted molar refractivity (Wildman–Crippen MR) is 157 cm³/mol. The maximum atomic E-state index is 14.6. The summed E-state index contributed by atoms with van der Waals surface area (Å²) in [6.07, 6.45) is 14.2. The third kappa shape index (κ3) is 3.62. The molecular formula is C35H52O6. The quantitative estimate of drug-likeness (QED) is 0.269. The maximum absolute atomic E-state index is 14.6. The van der Waals surface area contributed by atoms with E-state index in [0.29, 0.717) is 13.2 Å². The predicted octanol–water partition coefficient (Wildman–Crippen LogP) is 7.02. The molecule has 8 atom stereocenters. The Labute approximate surface area is 247 Å². The molecular weight excluding hydrogens is 516 g/mol. The van der Waals surface area contributed by atoms with E-state index >= 15 is 0 Å². The molecule has 4 saturated carbocycles. The fraction of sp³-hybridized carbons (Fsp3) is 0.829. The number of methoxy groups -OCH3 is 2. The van der Waals surface area contributed by atoms with Gasteiger partial charge in [-0.25, -0.2) is 0 Å². The number of rotatable bonds is 3. The van der Waals surface area contributed by atoms with E-state index in [1.54, 1.807) is 13.4 Å². The van der Waals surface area contributed by atoms with Crippen molar-refractivity contribution in [3.63, 3.8) is 0 Å². The molecule has 0 N–H and O–H groups in total. The summed E-state index contributed by atoms with van der Waals surface area (Å²) in [6, 6.07) is 0. The molecule has 6 nitrogen and oxygen atoms in total. The lowest BCUT2D eigenvalue weighted by atomic mass is 9.33. The van der Waals surface area contributed by atoms with Crippen molar-refractivity contribution in [3.8, 4) is 0 Å². The fourth-order valence-electron chi connectivity index (χ4n) is 11.6. The molecule has 6 aliphatic rings. The normalized spacial score (nSPS) is 48.0. The number of allylic oxidation sites excluding steroid dienone is 2. The summed E-state index contributed by atoms with van der Waals surface area (Å²) in [7, 11) is 3.21. The molecule has 0 aromatic heterocycles. The highest BCUT2D eigenvalue weighted by Crippen LogP contribution is 2.76. The summed E-state index contributed by atoms with van der Waals surface area (Å²) in [6.45, 7) is 15.4. The molecule has 0 aromatic rings. The lowest BCUT2D eigenvalue weighted by Gasteiger charge is -2.70. The van der Waals surface area contributed by atoms with Gasteiger partial charge in [0.1, 0.15) is 0 Å². The summed E-state index contributed by atoms with van der Waals surface area (Å²) in [5.74, 6) is -0.440. The van der Waals surface area contributed by atoms with Crippen molar-refractivity contribution in [2.45, 2.75) is 105 Å². The zero-order valence-electron chi connectivity index (χ0n) is 26.7. The maximum Gasteiger partial charge on any atom is 0.312 e. The van der Waals surface area contributed by atoms with Crippen LogP contribution < -0.4 is 0 Å². The van der Waals surface area contributed by atoms with Gasteiger partial charge in [0.05, 0.1) is 39.1 Å². The molecule has 0 bridgehead atoms. The standard InChI is InChI=1S/C35H52O6/c1-29(2)11-14-34(28(37)39-8)15-13-33(6)27(23(34)22-29)24(36)21-26-30(3)12-16-35(40-19-20-41-35)32(5,17-18-38-7)25(30)9-10-31(26,33)4/h17-18,21,23,25,27H,9-16,19-20,22H2,1-8H3/b18-17-/t23-,25?,27-,30-,31+,32-,33+,34-/m0/s1. The van der Waals surface area contributed by atoms with Crippen LogP contribution in [0.3, 0.4) is 0 Å². The molecule has 41 heavy (non-hydrogen) atoms. The van der Waals surface area contributed by atoms with Crippen LogP contribution in [0.1, 0.15) is 99.3 Å². The molecule has 0 radical (unpaired) electrons. The van der Waals surface area contributed by atoms with Gasteiger partial charge in [0.25, 0.3) is 0 Å². The van der Waals surface area contributed by atoms with Crippen molar-refractivity contribution >= 4 is 11.8 Å². The van der Waals surface area contributed by atoms with Gasteiger partial charge in [-0.15, -0.1) is 0 Å². The number of ether oxygens (including phenoxy) is 4. The molecule has 228 valence electrons. The Kier molecular flexibility index (Phi) is 6.58. The van der Waals surface area contributed by atoms with Gasteiger partial charge < -0.3 is 18.9 Å². The van der Waals surface area contributed by atoms with Gasteiger partial charge in [0.15, 0.2) is 11.6 Å². The lowest BCUT2D eigenvalue weighted by Crippen LogP contribution is -2.67. The first kappa shape index (κ1) is 29.4. The lowest BCUT2D eigenvalue weighted by molar-refractivity contribution is -0.277. The van der Waals surface area contributed by atoms with E-state index in [1.807, 2.05) is 0 Å². The monoisotopic (exact) mass is 568 g/mol. The summed E-state index contributed by atoms with van der Waals surface area (Å²) in [4.78, 5) is 28.2. The van der Waals surface area contributed by atoms with Gasteiger partial charge in [-0.1, -0.05) is 47.1 Å². The van der Waals surface area contributed by atoms with Gasteiger partial charge in [0.2, 0.25) is 0 Å². The first-order valence-corrected chi connectivity index (χ1v) is 16.0. The van der Waals surface area contributed by atoms with Crippen molar-refractivity contribution in [1.82, 2.24) is 0 Å². The molecule has 1 spiro atoms. The van der Waals surface area contributed by atoms with Gasteiger partial charge >= 0.3 is 5.97 Å². The molecule has 6 rings (SSSR count). The van der Waals surface area contributed by atoms with Crippen LogP contribution in [0, 0.1) is 50.2 Å². The molecule has 5 fully saturated rings. The molecule has 0 amide bonds. The van der Waals surface area contributed by atoms with Crippen LogP contribution in [0.15, 0.2) is 24.0 Å². The topological polar surface area (TPSA) is 71.1 Å². The number of hydrogen-bond acceptors (Lipinski definition) is 6. The minimum absolute atomic E-state index is 0.00919. The van der Waals surface area contributed by atoms with Crippen molar-refractivity contribution in [1.29, 1.82) is 0 Å². The number of hydrogen-bond donors (Lipinski definition) is 0. The summed E-state index contributed by atoms with van der Waals surface area (Å²) < 4.78 is 23.8. The first-order chi connectivity index (χ1) is 19.2. The summed E-state index contributed by atoms with van der Waals surface area (Å²) >= 11 is 0. The van der Waals surface area contributed by atoms with Gasteiger partial charge in [0, 0.05) is 17.8 Å². The Morgan fingerprint density at radius 2 is 1.61 bits per heavy atom. The van der Waals surface area contributed by atoms with E-state index in [0.717, 1.165) is 57.8 Å². The summed E-state index contributed by atoms with van der Waals surface area (Å²) in [5, 5.41) is 0. The highest BCUT2D eigenvalue weighted by molar-refractivity contribution is 5.96. The Morgan fingerprint density at radius 1 is 0.927 bits per heavy atom. The number of carbonyl (C=O) groups excluding carboxylic acids is 2. The van der Waals surface area contributed by atoms with Crippen molar-refractivity contribution in [2.75, 3.05) is 27.4 Å². The Bertz CT molecular complexity index is 1180. The fourth-order valence-corrected chi connectivity index (χ4v) is 11.6. The van der Waals surface area contributed by atoms with Crippen molar-refractivity contribution in [3.05, 3.63) is 24.0 Å². The minimum Gasteiger partial charge on any atom is -0.505 e. The van der Waals surface area contributed by atoms with E-state index in [9.17, 15) is 9.59 Å². The third-order valence-corrected chi connectivity index (χ3v) is 14.1. The van der Waals surface area contributed by atoms with E-state index < -0.39 is 16.6 Å². The molecule has 5 aliphatic carbocycles. The SMILES string of the molecule is CO/C=C\[C@@]1(C)C2CC[C@]3(C)C(=CC(=O)[C@@H]4[C@@H]5CC(C)(C)CC[C@]5(C(=O)OC)CC[C@]43C)[C@@]2(C)CCC12OCCO2. The van der Waals surface area contributed by atoms with Crippen molar-refractivity contribution in [2.24, 2.45) is 50.2 Å². The smallest absolute Gasteiger partial charge is 0.312 e. The van der Waals surface area contributed by atoms with Crippen LogP contribution in [-0.4, -0.2) is 45.0 Å². The molecule has 0 aromatic carbocycles. The second kappa shape index (κ2) is 9.17. The van der Waals surface area contributed by atoms with Crippen LogP contribution in [-0.2, 0) is 28.5 Å². The largest absolute Gasteiger partial charge is 0.505 e. The Hall–Kier alpha value is -1.66. The number of esters is 1.